The van der Waals surface area contributed by atoms with Crippen LogP contribution in [0.15, 0.2) is 0 Å². The Morgan fingerprint density at radius 3 is 2.40 bits per heavy atom. The van der Waals surface area contributed by atoms with Gasteiger partial charge in [-0.05, 0) is 0 Å². The fourth-order valence-corrected chi connectivity index (χ4v) is 1.22. The molecule has 0 aliphatic heterocycles. The van der Waals surface area contributed by atoms with E-state index in [1.165, 1.54) is 0 Å². The topological polar surface area (TPSA) is 70.1 Å². The molecule has 0 radical (unpaired) electrons. The number of aliphatic hydroxyl groups excluding tert-OH is 1. The van der Waals surface area contributed by atoms with Gasteiger partial charge in [-0.2, -0.15) is 0 Å². The summed E-state index contributed by atoms with van der Waals surface area (Å²) in [5.74, 6) is 1.21. The number of rotatable bonds is 1. The molecule has 1 aliphatic rings. The van der Waals surface area contributed by atoms with Gasteiger partial charge in [-0.1, -0.05) is 0 Å². The molecule has 3 nitrogen and oxygen atoms in total. The van der Waals surface area contributed by atoms with Crippen molar-refractivity contribution in [2.24, 2.45) is 5.73 Å². The predicted molar refractivity (Wildman–Crippen MR) is 39.6 cm³/mol. The molecular weight excluding hydrogens is 128 g/mol. The van der Waals surface area contributed by atoms with E-state index in [0.29, 0.717) is 0 Å². The van der Waals surface area contributed by atoms with Crippen LogP contribution in [0.4, 0.5) is 0 Å². The van der Waals surface area contributed by atoms with Crippen molar-refractivity contribution in [1.29, 1.82) is 5.41 Å². The van der Waals surface area contributed by atoms with Crippen molar-refractivity contribution in [2.75, 3.05) is 0 Å². The van der Waals surface area contributed by atoms with Crippen LogP contribution in [0.5, 0.6) is 0 Å². The average molecular weight is 141 g/mol. The molecule has 0 heterocycles. The second-order valence-corrected chi connectivity index (χ2v) is 2.75. The minimum absolute atomic E-state index is 0.164. The van der Waals surface area contributed by atoms with E-state index in [0.717, 1.165) is 31.6 Å². The SMILES string of the molecule is N=C(N)[C+]1CCC(O)CC1. The van der Waals surface area contributed by atoms with E-state index >= 15 is 0 Å². The van der Waals surface area contributed by atoms with Crippen molar-refractivity contribution in [3.63, 3.8) is 0 Å². The highest BCUT2D eigenvalue weighted by molar-refractivity contribution is 5.90. The van der Waals surface area contributed by atoms with Crippen LogP contribution in [0.2, 0.25) is 0 Å². The molecule has 4 N–H and O–H groups in total. The van der Waals surface area contributed by atoms with E-state index in [2.05, 4.69) is 0 Å². The van der Waals surface area contributed by atoms with E-state index in [1.807, 2.05) is 0 Å². The molecule has 0 aromatic carbocycles. The lowest BCUT2D eigenvalue weighted by atomic mass is 9.87. The number of nitrogens with one attached hydrogen (secondary N) is 1. The summed E-state index contributed by atoms with van der Waals surface area (Å²) in [7, 11) is 0. The van der Waals surface area contributed by atoms with E-state index < -0.39 is 0 Å². The lowest BCUT2D eigenvalue weighted by Gasteiger charge is -2.15. The second kappa shape index (κ2) is 2.92. The van der Waals surface area contributed by atoms with Gasteiger partial charge in [0.1, 0.15) is 12.8 Å². The molecule has 1 saturated carbocycles. The van der Waals surface area contributed by atoms with E-state index in [9.17, 15) is 0 Å². The molecule has 0 amide bonds. The van der Waals surface area contributed by atoms with Gasteiger partial charge in [0.05, 0.1) is 6.10 Å². The normalized spacial score (nSPS) is 21.1. The van der Waals surface area contributed by atoms with E-state index in [1.54, 1.807) is 0 Å². The monoisotopic (exact) mass is 141 g/mol. The van der Waals surface area contributed by atoms with Crippen LogP contribution in [-0.2, 0) is 0 Å². The van der Waals surface area contributed by atoms with Crippen LogP contribution in [0.25, 0.3) is 0 Å². The molecule has 0 unspecified atom stereocenters. The summed E-state index contributed by atoms with van der Waals surface area (Å²) in [6, 6.07) is 0. The van der Waals surface area contributed by atoms with Crippen molar-refractivity contribution in [3.05, 3.63) is 5.92 Å². The first kappa shape index (κ1) is 7.41. The summed E-state index contributed by atoms with van der Waals surface area (Å²) < 4.78 is 0. The zero-order valence-electron chi connectivity index (χ0n) is 5.93. The van der Waals surface area contributed by atoms with Crippen molar-refractivity contribution in [1.82, 2.24) is 0 Å². The van der Waals surface area contributed by atoms with Crippen LogP contribution in [0, 0.1) is 11.3 Å². The van der Waals surface area contributed by atoms with Gasteiger partial charge < -0.3 is 10.8 Å². The number of aliphatic hydroxyl groups is 1. The maximum Gasteiger partial charge on any atom is 0.284 e. The molecule has 0 bridgehead atoms. The quantitative estimate of drug-likeness (QED) is 0.281. The molecule has 0 atom stereocenters. The van der Waals surface area contributed by atoms with Gasteiger partial charge in [-0.15, -0.1) is 0 Å². The largest absolute Gasteiger partial charge is 0.393 e. The third kappa shape index (κ3) is 1.64. The van der Waals surface area contributed by atoms with Crippen LogP contribution < -0.4 is 5.73 Å². The first-order valence-corrected chi connectivity index (χ1v) is 3.57. The third-order valence-corrected chi connectivity index (χ3v) is 1.94. The van der Waals surface area contributed by atoms with E-state index in [-0.39, 0.29) is 11.9 Å². The van der Waals surface area contributed by atoms with Crippen LogP contribution in [0.1, 0.15) is 25.7 Å². The van der Waals surface area contributed by atoms with Gasteiger partial charge in [0.25, 0.3) is 5.84 Å². The Labute approximate surface area is 60.7 Å². The molecule has 0 saturated heterocycles. The molecule has 0 spiro atoms. The Balaban J connectivity index is 2.33. The molecule has 0 aromatic rings. The third-order valence-electron chi connectivity index (χ3n) is 1.94. The summed E-state index contributed by atoms with van der Waals surface area (Å²) in [6.07, 6.45) is 2.99. The molecule has 0 aromatic heterocycles. The van der Waals surface area contributed by atoms with E-state index in [4.69, 9.17) is 16.2 Å². The van der Waals surface area contributed by atoms with Crippen LogP contribution in [0.3, 0.4) is 0 Å². The van der Waals surface area contributed by atoms with Gasteiger partial charge in [-0.25, -0.2) is 5.41 Å². The number of hydrogen-bond donors (Lipinski definition) is 3. The highest BCUT2D eigenvalue weighted by Gasteiger charge is 2.31. The molecule has 10 heavy (non-hydrogen) atoms. The Hall–Kier alpha value is -0.700. The minimum atomic E-state index is -0.164. The summed E-state index contributed by atoms with van der Waals surface area (Å²) in [4.78, 5) is 0. The summed E-state index contributed by atoms with van der Waals surface area (Å²) in [6.45, 7) is 0. The highest BCUT2D eigenvalue weighted by atomic mass is 16.3. The summed E-state index contributed by atoms with van der Waals surface area (Å²) in [5, 5.41) is 16.2. The van der Waals surface area contributed by atoms with Crippen molar-refractivity contribution in [3.8, 4) is 0 Å². The summed E-state index contributed by atoms with van der Waals surface area (Å²) in [5.41, 5.74) is 5.28. The number of hydrogen-bond acceptors (Lipinski definition) is 2. The smallest absolute Gasteiger partial charge is 0.284 e. The number of amidine groups is 1. The fraction of sp³-hybridized carbons (Fsp3) is 0.714. The Kier molecular flexibility index (Phi) is 2.17. The second-order valence-electron chi connectivity index (χ2n) is 2.75. The standard InChI is InChI=1S/C7H13N2O/c8-7(9)5-1-3-6(10)4-2-5/h6,10H,1-4H2,(H3,8,9)/q+1. The first-order chi connectivity index (χ1) is 4.70. The molecule has 3 heteroatoms. The van der Waals surface area contributed by atoms with Crippen LogP contribution in [-0.4, -0.2) is 17.0 Å². The van der Waals surface area contributed by atoms with Gasteiger partial charge in [-0.3, -0.25) is 0 Å². The van der Waals surface area contributed by atoms with Gasteiger partial charge in [0.2, 0.25) is 0 Å². The first-order valence-electron chi connectivity index (χ1n) is 3.57. The fourth-order valence-electron chi connectivity index (χ4n) is 1.22. The maximum atomic E-state index is 9.08. The van der Waals surface area contributed by atoms with Crippen molar-refractivity contribution in [2.45, 2.75) is 31.8 Å². The average Bonchev–Trinajstić information content (AvgIpc) is 1.88. The lowest BCUT2D eigenvalue weighted by Crippen LogP contribution is -2.26. The minimum Gasteiger partial charge on any atom is -0.393 e. The predicted octanol–water partition coefficient (Wildman–Crippen LogP) is 0.432. The van der Waals surface area contributed by atoms with Gasteiger partial charge in [0.15, 0.2) is 5.92 Å². The highest BCUT2D eigenvalue weighted by Crippen LogP contribution is 2.25. The molecular formula is C7H13N2O+. The zero-order valence-corrected chi connectivity index (χ0v) is 5.93. The zero-order chi connectivity index (χ0) is 7.56. The van der Waals surface area contributed by atoms with Crippen LogP contribution >= 0.6 is 0 Å². The summed E-state index contributed by atoms with van der Waals surface area (Å²) >= 11 is 0. The molecule has 1 fully saturated rings. The van der Waals surface area contributed by atoms with Gasteiger partial charge >= 0.3 is 0 Å². The molecule has 56 valence electrons. The maximum absolute atomic E-state index is 9.08. The van der Waals surface area contributed by atoms with Crippen molar-refractivity contribution >= 4 is 5.84 Å². The lowest BCUT2D eigenvalue weighted by molar-refractivity contribution is 0.139. The Morgan fingerprint density at radius 2 is 2.00 bits per heavy atom. The molecule has 1 rings (SSSR count). The Morgan fingerprint density at radius 1 is 1.50 bits per heavy atom. The Bertz CT molecular complexity index is 128. The number of nitrogens with two attached hydrogens (primary N) is 1. The van der Waals surface area contributed by atoms with Gasteiger partial charge in [0, 0.05) is 12.8 Å². The van der Waals surface area contributed by atoms with Crippen molar-refractivity contribution < 1.29 is 5.11 Å². The molecule has 1 aliphatic carbocycles.